The van der Waals surface area contributed by atoms with Crippen LogP contribution in [0.1, 0.15) is 44.9 Å². The second kappa shape index (κ2) is 6.41. The summed E-state index contributed by atoms with van der Waals surface area (Å²) in [5.74, 6) is -0.210. The molecule has 2 fully saturated rings. The minimum Gasteiger partial charge on any atom is -0.376 e. The molecule has 0 aromatic heterocycles. The van der Waals surface area contributed by atoms with E-state index in [1.807, 2.05) is 0 Å². The molecule has 116 valence electrons. The normalized spacial score (nSPS) is 26.4. The third-order valence-electron chi connectivity index (χ3n) is 4.04. The molecular weight excluding hydrogens is 280 g/mol. The second-order valence-electron chi connectivity index (χ2n) is 5.86. The Morgan fingerprint density at radius 2 is 1.95 bits per heavy atom. The molecule has 1 amide bonds. The molecule has 1 saturated heterocycles. The average molecular weight is 304 g/mol. The van der Waals surface area contributed by atoms with E-state index in [9.17, 15) is 13.2 Å². The quantitative estimate of drug-likeness (QED) is 0.776. The fraction of sp³-hybridized carbons (Fsp3) is 0.923. The van der Waals surface area contributed by atoms with E-state index >= 15 is 0 Å². The summed E-state index contributed by atoms with van der Waals surface area (Å²) in [4.78, 5) is 12.5. The van der Waals surface area contributed by atoms with Crippen molar-refractivity contribution in [1.82, 2.24) is 10.0 Å². The molecule has 20 heavy (non-hydrogen) atoms. The zero-order valence-electron chi connectivity index (χ0n) is 12.0. The van der Waals surface area contributed by atoms with Gasteiger partial charge in [0.1, 0.15) is 5.54 Å². The highest BCUT2D eigenvalue weighted by atomic mass is 32.2. The Morgan fingerprint density at radius 1 is 1.25 bits per heavy atom. The summed E-state index contributed by atoms with van der Waals surface area (Å²) in [6.45, 7) is 1.21. The lowest BCUT2D eigenvalue weighted by molar-refractivity contribution is -0.128. The van der Waals surface area contributed by atoms with Crippen LogP contribution in [0.3, 0.4) is 0 Å². The van der Waals surface area contributed by atoms with Crippen molar-refractivity contribution >= 4 is 15.9 Å². The smallest absolute Gasteiger partial charge is 0.241 e. The number of carbonyl (C=O) groups excluding carboxylic acids is 1. The van der Waals surface area contributed by atoms with Crippen LogP contribution in [0.25, 0.3) is 0 Å². The maximum absolute atomic E-state index is 12.5. The molecule has 2 aliphatic rings. The van der Waals surface area contributed by atoms with Gasteiger partial charge in [0.05, 0.1) is 12.4 Å². The molecule has 2 rings (SSSR count). The van der Waals surface area contributed by atoms with Crippen LogP contribution in [-0.4, -0.2) is 45.4 Å². The van der Waals surface area contributed by atoms with Crippen LogP contribution in [0, 0.1) is 0 Å². The maximum atomic E-state index is 12.5. The summed E-state index contributed by atoms with van der Waals surface area (Å²) in [6, 6.07) is 0. The van der Waals surface area contributed by atoms with Gasteiger partial charge in [0.2, 0.25) is 15.9 Å². The van der Waals surface area contributed by atoms with Crippen molar-refractivity contribution in [2.45, 2.75) is 56.6 Å². The van der Waals surface area contributed by atoms with Gasteiger partial charge in [-0.1, -0.05) is 19.3 Å². The molecule has 0 aromatic rings. The van der Waals surface area contributed by atoms with Gasteiger partial charge in [-0.25, -0.2) is 8.42 Å². The fourth-order valence-corrected chi connectivity index (χ4v) is 4.07. The molecule has 0 bridgehead atoms. The van der Waals surface area contributed by atoms with Crippen molar-refractivity contribution < 1.29 is 17.9 Å². The molecule has 0 aromatic carbocycles. The van der Waals surface area contributed by atoms with Gasteiger partial charge in [-0.05, 0) is 25.7 Å². The number of rotatable bonds is 5. The van der Waals surface area contributed by atoms with Crippen LogP contribution in [0.15, 0.2) is 0 Å². The third-order valence-corrected chi connectivity index (χ3v) is 4.80. The molecule has 0 radical (unpaired) electrons. The van der Waals surface area contributed by atoms with Crippen LogP contribution in [-0.2, 0) is 19.6 Å². The van der Waals surface area contributed by atoms with E-state index in [-0.39, 0.29) is 12.0 Å². The molecule has 0 unspecified atom stereocenters. The van der Waals surface area contributed by atoms with Gasteiger partial charge in [-0.2, -0.15) is 4.72 Å². The molecular formula is C13H24N2O4S. The number of hydrogen-bond donors (Lipinski definition) is 2. The van der Waals surface area contributed by atoms with Gasteiger partial charge >= 0.3 is 0 Å². The fourth-order valence-electron chi connectivity index (χ4n) is 3.07. The van der Waals surface area contributed by atoms with Crippen LogP contribution >= 0.6 is 0 Å². The van der Waals surface area contributed by atoms with E-state index in [0.29, 0.717) is 19.4 Å². The Kier molecular flexibility index (Phi) is 5.04. The largest absolute Gasteiger partial charge is 0.376 e. The number of nitrogens with one attached hydrogen (secondary N) is 2. The Labute approximate surface area is 120 Å². The number of carbonyl (C=O) groups is 1. The lowest BCUT2D eigenvalue weighted by Gasteiger charge is -2.36. The minimum atomic E-state index is -3.41. The third kappa shape index (κ3) is 4.17. The second-order valence-corrected chi connectivity index (χ2v) is 7.61. The highest BCUT2D eigenvalue weighted by molar-refractivity contribution is 7.88. The van der Waals surface area contributed by atoms with E-state index in [0.717, 1.165) is 45.0 Å². The summed E-state index contributed by atoms with van der Waals surface area (Å²) >= 11 is 0. The summed E-state index contributed by atoms with van der Waals surface area (Å²) < 4.78 is 31.1. The van der Waals surface area contributed by atoms with Gasteiger partial charge in [0, 0.05) is 13.2 Å². The standard InChI is InChI=1S/C13H24N2O4S/c1-20(17,18)15-13(7-3-2-4-8-13)12(16)14-10-11-6-5-9-19-11/h11,15H,2-10H2,1H3,(H,14,16)/t11-/m1/s1. The van der Waals surface area contributed by atoms with Crippen molar-refractivity contribution in [2.75, 3.05) is 19.4 Å². The minimum absolute atomic E-state index is 0.0674. The zero-order valence-corrected chi connectivity index (χ0v) is 12.8. The molecule has 7 heteroatoms. The molecule has 1 heterocycles. The van der Waals surface area contributed by atoms with Crippen molar-refractivity contribution in [3.05, 3.63) is 0 Å². The summed E-state index contributed by atoms with van der Waals surface area (Å²) in [6.07, 6.45) is 7.07. The summed E-state index contributed by atoms with van der Waals surface area (Å²) in [5, 5.41) is 2.87. The number of amides is 1. The molecule has 2 N–H and O–H groups in total. The molecule has 6 nitrogen and oxygen atoms in total. The van der Waals surface area contributed by atoms with E-state index in [1.165, 1.54) is 0 Å². The van der Waals surface area contributed by atoms with Crippen molar-refractivity contribution in [2.24, 2.45) is 0 Å². The van der Waals surface area contributed by atoms with Gasteiger partial charge < -0.3 is 10.1 Å². The van der Waals surface area contributed by atoms with E-state index < -0.39 is 15.6 Å². The highest BCUT2D eigenvalue weighted by Crippen LogP contribution is 2.29. The predicted octanol–water partition coefficient (Wildman–Crippen LogP) is 0.534. The summed E-state index contributed by atoms with van der Waals surface area (Å²) in [7, 11) is -3.41. The van der Waals surface area contributed by atoms with Crippen LogP contribution < -0.4 is 10.0 Å². The molecule has 1 aliphatic heterocycles. The highest BCUT2D eigenvalue weighted by Gasteiger charge is 2.41. The van der Waals surface area contributed by atoms with Gasteiger partial charge in [0.25, 0.3) is 0 Å². The molecule has 1 aliphatic carbocycles. The van der Waals surface area contributed by atoms with Crippen molar-refractivity contribution in [1.29, 1.82) is 0 Å². The molecule has 1 saturated carbocycles. The van der Waals surface area contributed by atoms with E-state index in [2.05, 4.69) is 10.0 Å². The monoisotopic (exact) mass is 304 g/mol. The van der Waals surface area contributed by atoms with Gasteiger partial charge in [-0.3, -0.25) is 4.79 Å². The predicted molar refractivity (Wildman–Crippen MR) is 75.8 cm³/mol. The van der Waals surface area contributed by atoms with Crippen molar-refractivity contribution in [3.8, 4) is 0 Å². The topological polar surface area (TPSA) is 84.5 Å². The lowest BCUT2D eigenvalue weighted by Crippen LogP contribution is -2.60. The van der Waals surface area contributed by atoms with Crippen LogP contribution in [0.4, 0.5) is 0 Å². The lowest BCUT2D eigenvalue weighted by atomic mass is 9.82. The first-order valence-corrected chi connectivity index (χ1v) is 9.19. The van der Waals surface area contributed by atoms with Crippen LogP contribution in [0.2, 0.25) is 0 Å². The number of ether oxygens (including phenoxy) is 1. The first kappa shape index (κ1) is 15.7. The Bertz CT molecular complexity index is 437. The van der Waals surface area contributed by atoms with E-state index in [4.69, 9.17) is 4.74 Å². The first-order chi connectivity index (χ1) is 9.41. The van der Waals surface area contributed by atoms with Gasteiger partial charge in [-0.15, -0.1) is 0 Å². The van der Waals surface area contributed by atoms with Crippen molar-refractivity contribution in [3.63, 3.8) is 0 Å². The van der Waals surface area contributed by atoms with E-state index in [1.54, 1.807) is 0 Å². The average Bonchev–Trinajstić information content (AvgIpc) is 2.88. The van der Waals surface area contributed by atoms with Crippen LogP contribution in [0.5, 0.6) is 0 Å². The number of sulfonamides is 1. The maximum Gasteiger partial charge on any atom is 0.241 e. The Hall–Kier alpha value is -0.660. The SMILES string of the molecule is CS(=O)(=O)NC1(C(=O)NC[C@H]2CCCO2)CCCCC1. The first-order valence-electron chi connectivity index (χ1n) is 7.30. The van der Waals surface area contributed by atoms with Gasteiger partial charge in [0.15, 0.2) is 0 Å². The Balaban J connectivity index is 1.99. The molecule has 1 atom stereocenters. The summed E-state index contributed by atoms with van der Waals surface area (Å²) in [5.41, 5.74) is -0.968. The Morgan fingerprint density at radius 3 is 2.50 bits per heavy atom. The zero-order chi connectivity index (χ0) is 14.6. The number of hydrogen-bond acceptors (Lipinski definition) is 4. The molecule has 0 spiro atoms.